The Labute approximate surface area is 125 Å². The first-order valence-electron chi connectivity index (χ1n) is 6.68. The molecule has 6 nitrogen and oxygen atoms in total. The van der Waals surface area contributed by atoms with Gasteiger partial charge in [-0.05, 0) is 18.2 Å². The van der Waals surface area contributed by atoms with E-state index in [0.717, 1.165) is 0 Å². The number of hydrogen-bond acceptors (Lipinski definition) is 4. The Kier molecular flexibility index (Phi) is 2.39. The first-order chi connectivity index (χ1) is 10.6. The van der Waals surface area contributed by atoms with Gasteiger partial charge < -0.3 is 4.74 Å². The van der Waals surface area contributed by atoms with Gasteiger partial charge in [0, 0.05) is 11.3 Å². The Balaban J connectivity index is 1.97. The average Bonchev–Trinajstić information content (AvgIpc) is 2.96. The minimum Gasteiger partial charge on any atom is -0.417 e. The molecule has 2 heterocycles. The zero-order valence-corrected chi connectivity index (χ0v) is 11.3. The Hall–Kier alpha value is -3.15. The molecule has 4 rings (SSSR count). The number of anilines is 2. The number of nitrogens with zero attached hydrogens (tertiary/aromatic N) is 1. The summed E-state index contributed by atoms with van der Waals surface area (Å²) in [6.45, 7) is 0. The molecule has 22 heavy (non-hydrogen) atoms. The van der Waals surface area contributed by atoms with E-state index in [1.165, 1.54) is 4.90 Å². The van der Waals surface area contributed by atoms with Crippen LogP contribution in [-0.2, 0) is 19.9 Å². The van der Waals surface area contributed by atoms with Crippen LogP contribution in [0.1, 0.15) is 5.56 Å². The van der Waals surface area contributed by atoms with E-state index in [2.05, 4.69) is 0 Å². The minimum absolute atomic E-state index is 0.368. The van der Waals surface area contributed by atoms with Gasteiger partial charge in [-0.1, -0.05) is 36.4 Å². The predicted molar refractivity (Wildman–Crippen MR) is 76.3 cm³/mol. The first kappa shape index (κ1) is 12.6. The maximum atomic E-state index is 12.9. The van der Waals surface area contributed by atoms with Gasteiger partial charge >= 0.3 is 6.09 Å². The minimum atomic E-state index is -1.93. The number of fused-ring (bicyclic) bond motifs is 2. The number of carbonyl (C=O) groups is 3. The molecule has 2 aliphatic rings. The number of hydrogen-bond donors (Lipinski definition) is 1. The molecule has 1 atom stereocenters. The van der Waals surface area contributed by atoms with Gasteiger partial charge in [0.1, 0.15) is 0 Å². The van der Waals surface area contributed by atoms with Crippen molar-refractivity contribution in [3.63, 3.8) is 0 Å². The van der Waals surface area contributed by atoms with E-state index in [4.69, 9.17) is 4.74 Å². The van der Waals surface area contributed by atoms with Crippen LogP contribution in [0.15, 0.2) is 54.6 Å². The SMILES string of the molecule is O=C1NC(=O)C2(O1)C(=O)N(c1ccccc1)c1ccccc12. The van der Waals surface area contributed by atoms with Crippen molar-refractivity contribution < 1.29 is 19.1 Å². The summed E-state index contributed by atoms with van der Waals surface area (Å²) in [7, 11) is 0. The number of benzene rings is 2. The summed E-state index contributed by atoms with van der Waals surface area (Å²) < 4.78 is 5.12. The third-order valence-corrected chi connectivity index (χ3v) is 3.82. The lowest BCUT2D eigenvalue weighted by atomic mass is 9.95. The van der Waals surface area contributed by atoms with Crippen LogP contribution in [-0.4, -0.2) is 17.9 Å². The second kappa shape index (κ2) is 4.17. The molecule has 0 aromatic heterocycles. The number of ether oxygens (including phenoxy) is 1. The van der Waals surface area contributed by atoms with Crippen molar-refractivity contribution in [2.75, 3.05) is 4.90 Å². The van der Waals surface area contributed by atoms with Crippen LogP contribution in [0, 0.1) is 0 Å². The van der Waals surface area contributed by atoms with Gasteiger partial charge in [0.2, 0.25) is 0 Å². The predicted octanol–water partition coefficient (Wildman–Crippen LogP) is 1.83. The molecule has 2 aromatic rings. The zero-order chi connectivity index (χ0) is 15.3. The van der Waals surface area contributed by atoms with Gasteiger partial charge in [-0.2, -0.15) is 0 Å². The number of imide groups is 1. The quantitative estimate of drug-likeness (QED) is 0.814. The highest BCUT2D eigenvalue weighted by molar-refractivity contribution is 6.27. The van der Waals surface area contributed by atoms with E-state index in [1.807, 2.05) is 11.4 Å². The monoisotopic (exact) mass is 294 g/mol. The van der Waals surface area contributed by atoms with E-state index < -0.39 is 23.5 Å². The van der Waals surface area contributed by atoms with Gasteiger partial charge in [0.15, 0.2) is 0 Å². The Morgan fingerprint density at radius 1 is 0.909 bits per heavy atom. The van der Waals surface area contributed by atoms with Crippen LogP contribution >= 0.6 is 0 Å². The van der Waals surface area contributed by atoms with Crippen LogP contribution in [0.5, 0.6) is 0 Å². The van der Waals surface area contributed by atoms with Crippen LogP contribution in [0.3, 0.4) is 0 Å². The molecule has 1 saturated heterocycles. The zero-order valence-electron chi connectivity index (χ0n) is 11.3. The normalized spacial score (nSPS) is 22.7. The second-order valence-corrected chi connectivity index (χ2v) is 5.02. The summed E-state index contributed by atoms with van der Waals surface area (Å²) in [5.41, 5.74) is -0.424. The molecule has 1 N–H and O–H groups in total. The number of amides is 3. The lowest BCUT2D eigenvalue weighted by Gasteiger charge is -2.20. The summed E-state index contributed by atoms with van der Waals surface area (Å²) in [4.78, 5) is 38.1. The number of rotatable bonds is 1. The molecule has 1 fully saturated rings. The number of nitrogens with one attached hydrogen (secondary N) is 1. The lowest BCUT2D eigenvalue weighted by Crippen LogP contribution is -2.45. The van der Waals surface area contributed by atoms with E-state index in [9.17, 15) is 14.4 Å². The highest BCUT2D eigenvalue weighted by atomic mass is 16.6. The molecule has 108 valence electrons. The molecule has 1 unspecified atom stereocenters. The second-order valence-electron chi connectivity index (χ2n) is 5.02. The highest BCUT2D eigenvalue weighted by Crippen LogP contribution is 2.47. The standard InChI is InChI=1S/C16H10N2O4/c19-13-16(22-15(21)17-13)11-8-4-5-9-12(11)18(14(16)20)10-6-2-1-3-7-10/h1-9H,(H,17,19,21). The molecule has 3 amide bonds. The van der Waals surface area contributed by atoms with Crippen molar-refractivity contribution >= 4 is 29.3 Å². The maximum absolute atomic E-state index is 12.9. The molecule has 0 bridgehead atoms. The molecule has 2 aliphatic heterocycles. The fourth-order valence-corrected chi connectivity index (χ4v) is 2.89. The third-order valence-electron chi connectivity index (χ3n) is 3.82. The van der Waals surface area contributed by atoms with Gasteiger partial charge in [-0.25, -0.2) is 4.79 Å². The van der Waals surface area contributed by atoms with Crippen molar-refractivity contribution in [3.05, 3.63) is 60.2 Å². The van der Waals surface area contributed by atoms with Crippen LogP contribution in [0.25, 0.3) is 0 Å². The van der Waals surface area contributed by atoms with Crippen molar-refractivity contribution in [2.24, 2.45) is 0 Å². The van der Waals surface area contributed by atoms with Gasteiger partial charge in [-0.15, -0.1) is 0 Å². The van der Waals surface area contributed by atoms with E-state index in [1.54, 1.807) is 48.5 Å². The Morgan fingerprint density at radius 2 is 1.59 bits per heavy atom. The number of para-hydroxylation sites is 2. The summed E-state index contributed by atoms with van der Waals surface area (Å²) >= 11 is 0. The number of carbonyl (C=O) groups excluding carboxylic acids is 3. The van der Waals surface area contributed by atoms with Gasteiger partial charge in [0.05, 0.1) is 5.69 Å². The highest BCUT2D eigenvalue weighted by Gasteiger charge is 2.64. The van der Waals surface area contributed by atoms with E-state index in [0.29, 0.717) is 16.9 Å². The Bertz CT molecular complexity index is 818. The average molecular weight is 294 g/mol. The Morgan fingerprint density at radius 3 is 2.27 bits per heavy atom. The largest absolute Gasteiger partial charge is 0.417 e. The fraction of sp³-hybridized carbons (Fsp3) is 0.0625. The van der Waals surface area contributed by atoms with E-state index >= 15 is 0 Å². The van der Waals surface area contributed by atoms with Crippen LogP contribution in [0.4, 0.5) is 16.2 Å². The topological polar surface area (TPSA) is 75.7 Å². The van der Waals surface area contributed by atoms with Crippen molar-refractivity contribution in [1.82, 2.24) is 5.32 Å². The lowest BCUT2D eigenvalue weighted by molar-refractivity contribution is -0.144. The first-order valence-corrected chi connectivity index (χ1v) is 6.68. The summed E-state index contributed by atoms with van der Waals surface area (Å²) in [6.07, 6.45) is -0.914. The molecular weight excluding hydrogens is 284 g/mol. The molecule has 1 spiro atoms. The molecule has 0 saturated carbocycles. The molecule has 2 aromatic carbocycles. The van der Waals surface area contributed by atoms with E-state index in [-0.39, 0.29) is 0 Å². The van der Waals surface area contributed by atoms with Crippen molar-refractivity contribution in [2.45, 2.75) is 5.60 Å². The summed E-state index contributed by atoms with van der Waals surface area (Å²) in [5.74, 6) is -1.35. The summed E-state index contributed by atoms with van der Waals surface area (Å²) in [5, 5.41) is 2.05. The smallest absolute Gasteiger partial charge is 0.415 e. The molecule has 6 heteroatoms. The fourth-order valence-electron chi connectivity index (χ4n) is 2.89. The molecule has 0 aliphatic carbocycles. The van der Waals surface area contributed by atoms with Crippen LogP contribution in [0.2, 0.25) is 0 Å². The van der Waals surface area contributed by atoms with Gasteiger partial charge in [-0.3, -0.25) is 19.8 Å². The summed E-state index contributed by atoms with van der Waals surface area (Å²) in [6, 6.07) is 15.7. The van der Waals surface area contributed by atoms with Crippen molar-refractivity contribution in [1.29, 1.82) is 0 Å². The van der Waals surface area contributed by atoms with Crippen LogP contribution < -0.4 is 10.2 Å². The maximum Gasteiger partial charge on any atom is 0.415 e. The van der Waals surface area contributed by atoms with Crippen molar-refractivity contribution in [3.8, 4) is 0 Å². The van der Waals surface area contributed by atoms with Gasteiger partial charge in [0.25, 0.3) is 17.4 Å². The third kappa shape index (κ3) is 1.41. The number of alkyl carbamates (subject to hydrolysis) is 1. The molecule has 0 radical (unpaired) electrons. The molecular formula is C16H10N2O4.